The molecule has 1 amide bonds. The number of thioether (sulfide) groups is 1. The van der Waals surface area contributed by atoms with Gasteiger partial charge in [0.05, 0.1) is 29.6 Å². The van der Waals surface area contributed by atoms with Crippen molar-refractivity contribution < 1.29 is 9.53 Å². The van der Waals surface area contributed by atoms with E-state index >= 15 is 0 Å². The van der Waals surface area contributed by atoms with E-state index in [0.717, 1.165) is 17.9 Å². The lowest BCUT2D eigenvalue weighted by Gasteiger charge is -2.08. The first kappa shape index (κ1) is 20.2. The molecule has 8 nitrogen and oxygen atoms in total. The van der Waals surface area contributed by atoms with Crippen molar-refractivity contribution in [1.29, 1.82) is 0 Å². The van der Waals surface area contributed by atoms with Gasteiger partial charge >= 0.3 is 0 Å². The first-order valence-electron chi connectivity index (χ1n) is 8.77. The van der Waals surface area contributed by atoms with Crippen LogP contribution in [0.25, 0.3) is 11.4 Å². The molecule has 0 unspecified atom stereocenters. The zero-order chi connectivity index (χ0) is 20.1. The van der Waals surface area contributed by atoms with Crippen LogP contribution in [-0.4, -0.2) is 43.3 Å². The van der Waals surface area contributed by atoms with Gasteiger partial charge in [-0.1, -0.05) is 23.4 Å². The van der Waals surface area contributed by atoms with Gasteiger partial charge in [0.15, 0.2) is 11.0 Å². The topological polar surface area (TPSA) is 86.9 Å². The number of halogens is 1. The Morgan fingerprint density at radius 3 is 2.75 bits per heavy atom. The summed E-state index contributed by atoms with van der Waals surface area (Å²) >= 11 is 7.42. The van der Waals surface area contributed by atoms with Gasteiger partial charge in [-0.05, 0) is 32.0 Å². The quantitative estimate of drug-likeness (QED) is 0.560. The molecule has 148 valence electrons. The molecular formula is C18H21ClN6O2S. The predicted molar refractivity (Wildman–Crippen MR) is 110 cm³/mol. The maximum atomic E-state index is 12.3. The van der Waals surface area contributed by atoms with Crippen LogP contribution in [0, 0.1) is 0 Å². The number of carbonyl (C=O) groups excluding carboxylic acids is 1. The van der Waals surface area contributed by atoms with Gasteiger partial charge in [-0.15, -0.1) is 10.2 Å². The fourth-order valence-corrected chi connectivity index (χ4v) is 3.68. The van der Waals surface area contributed by atoms with Crippen LogP contribution in [0.15, 0.2) is 35.7 Å². The number of aryl methyl sites for hydroxylation is 1. The van der Waals surface area contributed by atoms with Gasteiger partial charge in [0.1, 0.15) is 5.75 Å². The van der Waals surface area contributed by atoms with Gasteiger partial charge in [0, 0.05) is 25.0 Å². The summed E-state index contributed by atoms with van der Waals surface area (Å²) in [7, 11) is 1.54. The first-order valence-corrected chi connectivity index (χ1v) is 10.1. The Morgan fingerprint density at radius 1 is 1.29 bits per heavy atom. The fraction of sp³-hybridized carbons (Fsp3) is 0.333. The van der Waals surface area contributed by atoms with Crippen molar-refractivity contribution in [2.75, 3.05) is 18.2 Å². The van der Waals surface area contributed by atoms with Gasteiger partial charge in [0.25, 0.3) is 0 Å². The molecule has 3 aromatic rings. The fourth-order valence-electron chi connectivity index (χ4n) is 2.62. The molecule has 28 heavy (non-hydrogen) atoms. The summed E-state index contributed by atoms with van der Waals surface area (Å²) in [5.74, 6) is 1.35. The molecule has 1 N–H and O–H groups in total. The van der Waals surface area contributed by atoms with Crippen molar-refractivity contribution in [2.24, 2.45) is 0 Å². The van der Waals surface area contributed by atoms with E-state index in [1.54, 1.807) is 31.5 Å². The maximum absolute atomic E-state index is 12.3. The van der Waals surface area contributed by atoms with Crippen molar-refractivity contribution in [3.8, 4) is 17.1 Å². The van der Waals surface area contributed by atoms with Gasteiger partial charge in [0.2, 0.25) is 5.91 Å². The molecule has 0 aliphatic rings. The highest BCUT2D eigenvalue weighted by molar-refractivity contribution is 7.99. The van der Waals surface area contributed by atoms with Gasteiger partial charge < -0.3 is 14.6 Å². The third kappa shape index (κ3) is 4.48. The van der Waals surface area contributed by atoms with E-state index < -0.39 is 0 Å². The van der Waals surface area contributed by atoms with E-state index in [4.69, 9.17) is 16.3 Å². The molecule has 10 heteroatoms. The number of methoxy groups -OCH3 is 1. The molecule has 0 aliphatic carbocycles. The molecule has 3 rings (SSSR count). The monoisotopic (exact) mass is 420 g/mol. The minimum absolute atomic E-state index is 0.155. The van der Waals surface area contributed by atoms with Gasteiger partial charge in [-0.3, -0.25) is 9.48 Å². The summed E-state index contributed by atoms with van der Waals surface area (Å²) in [5.41, 5.74) is 1.52. The van der Waals surface area contributed by atoms with Gasteiger partial charge in [-0.2, -0.15) is 5.10 Å². The number of ether oxygens (including phenoxy) is 1. The molecule has 0 saturated carbocycles. The molecule has 0 bridgehead atoms. The first-order chi connectivity index (χ1) is 13.5. The van der Waals surface area contributed by atoms with Crippen molar-refractivity contribution >= 4 is 35.0 Å². The molecule has 0 aliphatic heterocycles. The summed E-state index contributed by atoms with van der Waals surface area (Å²) in [6.07, 6.45) is 3.71. The van der Waals surface area contributed by atoms with Crippen molar-refractivity contribution in [1.82, 2.24) is 24.5 Å². The summed E-state index contributed by atoms with van der Waals surface area (Å²) in [4.78, 5) is 12.3. The minimum atomic E-state index is -0.155. The van der Waals surface area contributed by atoms with Crippen LogP contribution in [-0.2, 0) is 17.9 Å². The second-order valence-corrected chi connectivity index (χ2v) is 7.17. The van der Waals surface area contributed by atoms with Crippen LogP contribution in [0.3, 0.4) is 0 Å². The highest BCUT2D eigenvalue weighted by Crippen LogP contribution is 2.28. The lowest BCUT2D eigenvalue weighted by Crippen LogP contribution is -2.14. The Labute approximate surface area is 172 Å². The van der Waals surface area contributed by atoms with E-state index in [0.29, 0.717) is 28.2 Å². The van der Waals surface area contributed by atoms with Gasteiger partial charge in [-0.25, -0.2) is 0 Å². The normalized spacial score (nSPS) is 10.9. The van der Waals surface area contributed by atoms with Crippen LogP contribution >= 0.6 is 23.4 Å². The molecule has 0 saturated heterocycles. The lowest BCUT2D eigenvalue weighted by atomic mass is 10.3. The average molecular weight is 421 g/mol. The standard InChI is InChI=1S/C18H21ClN6O2S/c1-4-24-10-12(9-20-24)17-22-23-18(25(17)5-2)28-11-16(26)21-13-6-7-15(27-3)14(19)8-13/h6-10H,4-5,11H2,1-3H3,(H,21,26). The van der Waals surface area contributed by atoms with Crippen molar-refractivity contribution in [2.45, 2.75) is 32.1 Å². The number of nitrogens with zero attached hydrogens (tertiary/aromatic N) is 5. The van der Waals surface area contributed by atoms with Crippen LogP contribution in [0.4, 0.5) is 5.69 Å². The van der Waals surface area contributed by atoms with Crippen LogP contribution < -0.4 is 10.1 Å². The van der Waals surface area contributed by atoms with E-state index in [-0.39, 0.29) is 11.7 Å². The molecule has 1 aromatic carbocycles. The molecule has 0 atom stereocenters. The Hall–Kier alpha value is -2.52. The second kappa shape index (κ2) is 9.11. The molecule has 0 spiro atoms. The minimum Gasteiger partial charge on any atom is -0.495 e. The summed E-state index contributed by atoms with van der Waals surface area (Å²) in [6, 6.07) is 5.11. The molecule has 2 heterocycles. The van der Waals surface area contributed by atoms with Crippen LogP contribution in [0.2, 0.25) is 5.02 Å². The number of rotatable bonds is 8. The molecule has 0 radical (unpaired) electrons. The smallest absolute Gasteiger partial charge is 0.234 e. The summed E-state index contributed by atoms with van der Waals surface area (Å²) in [6.45, 7) is 5.52. The number of hydrogen-bond donors (Lipinski definition) is 1. The molecular weight excluding hydrogens is 400 g/mol. The van der Waals surface area contributed by atoms with E-state index in [9.17, 15) is 4.79 Å². The van der Waals surface area contributed by atoms with E-state index in [1.807, 2.05) is 29.3 Å². The Bertz CT molecular complexity index is 971. The Morgan fingerprint density at radius 2 is 2.11 bits per heavy atom. The zero-order valence-electron chi connectivity index (χ0n) is 15.8. The molecule has 2 aromatic heterocycles. The van der Waals surface area contributed by atoms with E-state index in [2.05, 4.69) is 20.6 Å². The average Bonchev–Trinajstić information content (AvgIpc) is 3.32. The Kier molecular flexibility index (Phi) is 6.58. The number of hydrogen-bond acceptors (Lipinski definition) is 6. The zero-order valence-corrected chi connectivity index (χ0v) is 17.4. The van der Waals surface area contributed by atoms with E-state index in [1.165, 1.54) is 11.8 Å². The number of aromatic nitrogens is 5. The highest BCUT2D eigenvalue weighted by atomic mass is 35.5. The number of amides is 1. The number of carbonyl (C=O) groups is 1. The summed E-state index contributed by atoms with van der Waals surface area (Å²) in [5, 5.41) is 16.7. The number of benzene rings is 1. The number of anilines is 1. The number of nitrogens with one attached hydrogen (secondary N) is 1. The predicted octanol–water partition coefficient (Wildman–Crippen LogP) is 3.57. The van der Waals surface area contributed by atoms with Crippen molar-refractivity contribution in [3.05, 3.63) is 35.6 Å². The van der Waals surface area contributed by atoms with Crippen LogP contribution in [0.1, 0.15) is 13.8 Å². The van der Waals surface area contributed by atoms with Crippen LogP contribution in [0.5, 0.6) is 5.75 Å². The SMILES string of the molecule is CCn1cc(-c2nnc(SCC(=O)Nc3ccc(OC)c(Cl)c3)n2CC)cn1. The largest absolute Gasteiger partial charge is 0.495 e. The highest BCUT2D eigenvalue weighted by Gasteiger charge is 2.16. The second-order valence-electron chi connectivity index (χ2n) is 5.82. The summed E-state index contributed by atoms with van der Waals surface area (Å²) < 4.78 is 8.92. The third-order valence-corrected chi connectivity index (χ3v) is 5.28. The van der Waals surface area contributed by atoms with Crippen molar-refractivity contribution in [3.63, 3.8) is 0 Å². The maximum Gasteiger partial charge on any atom is 0.234 e. The molecule has 0 fully saturated rings. The third-order valence-electron chi connectivity index (χ3n) is 4.02. The Balaban J connectivity index is 1.65. The lowest BCUT2D eigenvalue weighted by molar-refractivity contribution is -0.113.